The van der Waals surface area contributed by atoms with Gasteiger partial charge in [-0.05, 0) is 25.0 Å². The molecule has 0 aromatic heterocycles. The van der Waals surface area contributed by atoms with Crippen molar-refractivity contribution in [2.75, 3.05) is 0 Å². The van der Waals surface area contributed by atoms with Crippen LogP contribution in [0.15, 0.2) is 30.3 Å². The van der Waals surface area contributed by atoms with Gasteiger partial charge in [-0.2, -0.15) is 0 Å². The van der Waals surface area contributed by atoms with E-state index in [1.165, 1.54) is 6.42 Å². The molecule has 0 spiro atoms. The van der Waals surface area contributed by atoms with Crippen LogP contribution in [0.2, 0.25) is 0 Å². The third-order valence-electron chi connectivity index (χ3n) is 2.90. The van der Waals surface area contributed by atoms with Gasteiger partial charge in [0.15, 0.2) is 0 Å². The molecule has 0 bridgehead atoms. The number of carbonyl (C=O) groups excluding carboxylic acids is 1. The Morgan fingerprint density at radius 3 is 2.00 bits per heavy atom. The highest BCUT2D eigenvalue weighted by molar-refractivity contribution is 5.75. The van der Waals surface area contributed by atoms with E-state index in [4.69, 9.17) is 4.74 Å². The lowest BCUT2D eigenvalue weighted by Gasteiger charge is -2.19. The van der Waals surface area contributed by atoms with E-state index in [-0.39, 0.29) is 11.9 Å². The summed E-state index contributed by atoms with van der Waals surface area (Å²) in [6.07, 6.45) is 5.57. The number of benzene rings is 1. The van der Waals surface area contributed by atoms with E-state index in [0.717, 1.165) is 25.7 Å². The summed E-state index contributed by atoms with van der Waals surface area (Å²) in [6.45, 7) is 8.00. The monoisotopic (exact) mass is 264 g/mol. The van der Waals surface area contributed by atoms with Crippen LogP contribution in [0.25, 0.3) is 0 Å². The van der Waals surface area contributed by atoms with Gasteiger partial charge in [0.2, 0.25) is 0 Å². The van der Waals surface area contributed by atoms with E-state index in [9.17, 15) is 4.79 Å². The van der Waals surface area contributed by atoms with Gasteiger partial charge in [-0.15, -0.1) is 0 Å². The number of rotatable bonds is 2. The fourth-order valence-electron chi connectivity index (χ4n) is 2.03. The first-order valence-corrected chi connectivity index (χ1v) is 7.63. The van der Waals surface area contributed by atoms with Crippen LogP contribution in [-0.2, 0) is 4.79 Å². The van der Waals surface area contributed by atoms with Crippen LogP contribution in [0.1, 0.15) is 59.8 Å². The van der Waals surface area contributed by atoms with Crippen LogP contribution in [-0.4, -0.2) is 5.97 Å². The molecule has 0 radical (unpaired) electrons. The van der Waals surface area contributed by atoms with E-state index in [0.29, 0.717) is 5.75 Å². The fourth-order valence-corrected chi connectivity index (χ4v) is 2.03. The predicted molar refractivity (Wildman–Crippen MR) is 81.3 cm³/mol. The van der Waals surface area contributed by atoms with E-state index in [2.05, 4.69) is 0 Å². The maximum atomic E-state index is 11.7. The zero-order valence-corrected chi connectivity index (χ0v) is 12.8. The Hall–Kier alpha value is -1.31. The molecule has 1 aliphatic rings. The van der Waals surface area contributed by atoms with Crippen molar-refractivity contribution in [1.29, 1.82) is 0 Å². The molecule has 0 aliphatic heterocycles. The lowest BCUT2D eigenvalue weighted by molar-refractivity contribution is -0.139. The average molecular weight is 264 g/mol. The van der Waals surface area contributed by atoms with Gasteiger partial charge in [0.05, 0.1) is 5.92 Å². The second-order valence-electron chi connectivity index (χ2n) is 4.07. The van der Waals surface area contributed by atoms with E-state index < -0.39 is 0 Å². The van der Waals surface area contributed by atoms with Crippen molar-refractivity contribution in [3.05, 3.63) is 30.3 Å². The van der Waals surface area contributed by atoms with Crippen molar-refractivity contribution in [2.24, 2.45) is 5.92 Å². The molecular weight excluding hydrogens is 236 g/mol. The van der Waals surface area contributed by atoms with Crippen LogP contribution in [0, 0.1) is 5.92 Å². The fraction of sp³-hybridized carbons (Fsp3) is 0.588. The summed E-state index contributed by atoms with van der Waals surface area (Å²) in [4.78, 5) is 11.7. The van der Waals surface area contributed by atoms with Crippen LogP contribution >= 0.6 is 0 Å². The van der Waals surface area contributed by atoms with Gasteiger partial charge in [0.25, 0.3) is 0 Å². The third-order valence-corrected chi connectivity index (χ3v) is 2.90. The van der Waals surface area contributed by atoms with E-state index in [1.807, 2.05) is 58.0 Å². The van der Waals surface area contributed by atoms with Crippen molar-refractivity contribution in [3.8, 4) is 5.75 Å². The highest BCUT2D eigenvalue weighted by Crippen LogP contribution is 2.25. The van der Waals surface area contributed by atoms with Gasteiger partial charge < -0.3 is 4.74 Å². The standard InChI is InChI=1S/C13H16O2.2C2H6/c14-13(11-7-3-1-4-8-11)15-12-9-5-2-6-10-12;2*1-2/h2,5-6,9-11H,1,3-4,7-8H2;2*1-2H3. The minimum Gasteiger partial charge on any atom is -0.426 e. The predicted octanol–water partition coefficient (Wildman–Crippen LogP) is 5.22. The molecule has 2 nitrogen and oxygen atoms in total. The Labute approximate surface area is 118 Å². The first-order valence-electron chi connectivity index (χ1n) is 7.63. The summed E-state index contributed by atoms with van der Waals surface area (Å²) >= 11 is 0. The number of para-hydroxylation sites is 1. The number of hydrogen-bond acceptors (Lipinski definition) is 2. The molecule has 0 saturated heterocycles. The molecule has 2 rings (SSSR count). The van der Waals surface area contributed by atoms with Crippen LogP contribution < -0.4 is 4.74 Å². The molecule has 0 amide bonds. The molecule has 0 unspecified atom stereocenters. The normalized spacial score (nSPS) is 14.3. The molecule has 0 atom stereocenters. The summed E-state index contributed by atoms with van der Waals surface area (Å²) < 4.78 is 5.31. The highest BCUT2D eigenvalue weighted by Gasteiger charge is 2.22. The Bertz CT molecular complexity index is 313. The lowest BCUT2D eigenvalue weighted by atomic mass is 9.89. The summed E-state index contributed by atoms with van der Waals surface area (Å²) in [7, 11) is 0. The molecule has 1 aliphatic carbocycles. The van der Waals surface area contributed by atoms with Crippen molar-refractivity contribution in [3.63, 3.8) is 0 Å². The molecular formula is C17H28O2. The Morgan fingerprint density at radius 1 is 0.947 bits per heavy atom. The first kappa shape index (κ1) is 17.7. The largest absolute Gasteiger partial charge is 0.426 e. The molecule has 0 N–H and O–H groups in total. The number of carbonyl (C=O) groups is 1. The minimum atomic E-state index is -0.0547. The van der Waals surface area contributed by atoms with Crippen LogP contribution in [0.3, 0.4) is 0 Å². The smallest absolute Gasteiger partial charge is 0.314 e. The molecule has 108 valence electrons. The summed E-state index contributed by atoms with van der Waals surface area (Å²) in [5.74, 6) is 0.730. The lowest BCUT2D eigenvalue weighted by Crippen LogP contribution is -2.22. The van der Waals surface area contributed by atoms with E-state index >= 15 is 0 Å². The summed E-state index contributed by atoms with van der Waals surface area (Å²) in [6, 6.07) is 9.31. The van der Waals surface area contributed by atoms with E-state index in [1.54, 1.807) is 0 Å². The molecule has 19 heavy (non-hydrogen) atoms. The van der Waals surface area contributed by atoms with Crippen molar-refractivity contribution >= 4 is 5.97 Å². The van der Waals surface area contributed by atoms with Gasteiger partial charge in [-0.3, -0.25) is 4.79 Å². The quantitative estimate of drug-likeness (QED) is 0.540. The van der Waals surface area contributed by atoms with Gasteiger partial charge in [0.1, 0.15) is 5.75 Å². The first-order chi connectivity index (χ1) is 9.36. The van der Waals surface area contributed by atoms with Gasteiger partial charge in [0, 0.05) is 0 Å². The Kier molecular flexibility index (Phi) is 11.0. The molecule has 1 aromatic carbocycles. The molecule has 1 fully saturated rings. The molecule has 1 aromatic rings. The SMILES string of the molecule is CC.CC.O=C(Oc1ccccc1)C1CCCCC1. The maximum absolute atomic E-state index is 11.7. The topological polar surface area (TPSA) is 26.3 Å². The molecule has 1 saturated carbocycles. The van der Waals surface area contributed by atoms with Crippen LogP contribution in [0.5, 0.6) is 5.75 Å². The van der Waals surface area contributed by atoms with Gasteiger partial charge in [-0.1, -0.05) is 65.2 Å². The third kappa shape index (κ3) is 7.00. The molecule has 2 heteroatoms. The highest BCUT2D eigenvalue weighted by atomic mass is 16.5. The van der Waals surface area contributed by atoms with Crippen molar-refractivity contribution in [1.82, 2.24) is 0 Å². The maximum Gasteiger partial charge on any atom is 0.314 e. The van der Waals surface area contributed by atoms with Crippen LogP contribution in [0.4, 0.5) is 0 Å². The average Bonchev–Trinajstić information content (AvgIpc) is 2.53. The second kappa shape index (κ2) is 11.8. The second-order valence-corrected chi connectivity index (χ2v) is 4.07. The van der Waals surface area contributed by atoms with Crippen molar-refractivity contribution < 1.29 is 9.53 Å². The molecule has 0 heterocycles. The number of ether oxygens (including phenoxy) is 1. The van der Waals surface area contributed by atoms with Gasteiger partial charge in [-0.25, -0.2) is 0 Å². The zero-order chi connectivity index (χ0) is 14.5. The van der Waals surface area contributed by atoms with Gasteiger partial charge >= 0.3 is 5.97 Å². The minimum absolute atomic E-state index is 0.0547. The summed E-state index contributed by atoms with van der Waals surface area (Å²) in [5, 5.41) is 0. The van der Waals surface area contributed by atoms with Crippen molar-refractivity contribution in [2.45, 2.75) is 59.8 Å². The number of esters is 1. The summed E-state index contributed by atoms with van der Waals surface area (Å²) in [5.41, 5.74) is 0. The number of hydrogen-bond donors (Lipinski definition) is 0. The zero-order valence-electron chi connectivity index (χ0n) is 12.8. The Balaban J connectivity index is 0.000000741. The Morgan fingerprint density at radius 2 is 1.47 bits per heavy atom.